The first kappa shape index (κ1) is 15.0. The maximum atomic E-state index is 9.31. The molecule has 5 nitrogen and oxygen atoms in total. The molecule has 0 spiro atoms. The van der Waals surface area contributed by atoms with Gasteiger partial charge in [0.25, 0.3) is 0 Å². The van der Waals surface area contributed by atoms with Gasteiger partial charge in [-0.3, -0.25) is 0 Å². The number of aliphatic hydroxyl groups is 1. The standard InChI is InChI=1S/C8H20O5Si2/c1-6-14(10-2,11-3)8-15(7-9,12-4)13-5/h6,9H,1,7-8H2,2-5H3. The highest BCUT2D eigenvalue weighted by molar-refractivity contribution is 6.88. The summed E-state index contributed by atoms with van der Waals surface area (Å²) < 4.78 is 21.3. The van der Waals surface area contributed by atoms with E-state index in [0.29, 0.717) is 5.67 Å². The molecule has 0 aliphatic carbocycles. The second-order valence-electron chi connectivity index (χ2n) is 3.08. The molecule has 1 N–H and O–H groups in total. The minimum atomic E-state index is -2.62. The Labute approximate surface area is 93.1 Å². The fraction of sp³-hybridized carbons (Fsp3) is 0.750. The van der Waals surface area contributed by atoms with Gasteiger partial charge in [0.15, 0.2) is 0 Å². The van der Waals surface area contributed by atoms with E-state index >= 15 is 0 Å². The Morgan fingerprint density at radius 3 is 1.73 bits per heavy atom. The zero-order valence-electron chi connectivity index (χ0n) is 9.78. The monoisotopic (exact) mass is 252 g/mol. The van der Waals surface area contributed by atoms with Gasteiger partial charge in [0.05, 0.1) is 6.23 Å². The van der Waals surface area contributed by atoms with Gasteiger partial charge in [-0.1, -0.05) is 0 Å². The Bertz CT molecular complexity index is 183. The van der Waals surface area contributed by atoms with Crippen LogP contribution in [0.1, 0.15) is 0 Å². The lowest BCUT2D eigenvalue weighted by atomic mass is 11.3. The van der Waals surface area contributed by atoms with E-state index in [1.165, 1.54) is 14.2 Å². The first-order valence-electron chi connectivity index (χ1n) is 4.52. The smallest absolute Gasteiger partial charge is 0.366 e. The first-order valence-corrected chi connectivity index (χ1v) is 8.85. The van der Waals surface area contributed by atoms with Crippen molar-refractivity contribution in [1.82, 2.24) is 0 Å². The number of rotatable bonds is 8. The SMILES string of the molecule is C=C[Si](C[Si](CO)(OC)OC)(OC)OC. The van der Waals surface area contributed by atoms with Crippen molar-refractivity contribution in [2.45, 2.75) is 5.67 Å². The molecular formula is C8H20O5Si2. The summed E-state index contributed by atoms with van der Waals surface area (Å²) in [5, 5.41) is 9.31. The minimum absolute atomic E-state index is 0.130. The second kappa shape index (κ2) is 6.53. The first-order chi connectivity index (χ1) is 7.07. The second-order valence-corrected chi connectivity index (χ2v) is 10.3. The van der Waals surface area contributed by atoms with E-state index in [-0.39, 0.29) is 6.23 Å². The quantitative estimate of drug-likeness (QED) is 0.628. The zero-order chi connectivity index (χ0) is 11.9. The van der Waals surface area contributed by atoms with Gasteiger partial charge in [0.1, 0.15) is 0 Å². The fourth-order valence-corrected chi connectivity index (χ4v) is 8.52. The molecule has 15 heavy (non-hydrogen) atoms. The van der Waals surface area contributed by atoms with Crippen LogP contribution in [0.15, 0.2) is 12.3 Å². The Kier molecular flexibility index (Phi) is 6.52. The molecule has 0 saturated carbocycles. The Hall–Kier alpha value is -0.0262. The van der Waals surface area contributed by atoms with Crippen molar-refractivity contribution in [3.8, 4) is 0 Å². The van der Waals surface area contributed by atoms with Crippen LogP contribution >= 0.6 is 0 Å². The molecule has 0 bridgehead atoms. The molecule has 90 valence electrons. The molecule has 0 aromatic carbocycles. The average molecular weight is 252 g/mol. The molecule has 0 atom stereocenters. The van der Waals surface area contributed by atoms with Gasteiger partial charge in [-0.05, 0) is 5.70 Å². The summed E-state index contributed by atoms with van der Waals surface area (Å²) >= 11 is 0. The van der Waals surface area contributed by atoms with E-state index in [0.717, 1.165) is 0 Å². The molecule has 0 rings (SSSR count). The highest BCUT2D eigenvalue weighted by atomic mass is 28.4. The van der Waals surface area contributed by atoms with Crippen molar-refractivity contribution >= 4 is 17.1 Å². The van der Waals surface area contributed by atoms with Crippen molar-refractivity contribution in [3.63, 3.8) is 0 Å². The van der Waals surface area contributed by atoms with Crippen LogP contribution in [-0.4, -0.2) is 56.9 Å². The van der Waals surface area contributed by atoms with Gasteiger partial charge >= 0.3 is 17.1 Å². The lowest BCUT2D eigenvalue weighted by molar-refractivity contribution is 0.191. The van der Waals surface area contributed by atoms with Crippen molar-refractivity contribution in [2.24, 2.45) is 0 Å². The Morgan fingerprint density at radius 1 is 1.07 bits per heavy atom. The van der Waals surface area contributed by atoms with Gasteiger partial charge in [0.2, 0.25) is 0 Å². The van der Waals surface area contributed by atoms with Crippen LogP contribution in [0.25, 0.3) is 0 Å². The molecule has 0 saturated heterocycles. The van der Waals surface area contributed by atoms with E-state index < -0.39 is 17.1 Å². The third-order valence-electron chi connectivity index (χ3n) is 2.50. The van der Waals surface area contributed by atoms with Crippen LogP contribution in [0.4, 0.5) is 0 Å². The van der Waals surface area contributed by atoms with Crippen molar-refractivity contribution in [1.29, 1.82) is 0 Å². The van der Waals surface area contributed by atoms with Crippen LogP contribution in [0.3, 0.4) is 0 Å². The third-order valence-corrected chi connectivity index (χ3v) is 10.6. The number of hydrogen-bond donors (Lipinski definition) is 1. The maximum Gasteiger partial charge on any atom is 0.366 e. The normalized spacial score (nSPS) is 12.9. The predicted octanol–water partition coefficient (Wildman–Crippen LogP) is 0.252. The van der Waals surface area contributed by atoms with Crippen molar-refractivity contribution < 1.29 is 22.8 Å². The molecular weight excluding hydrogens is 232 g/mol. The van der Waals surface area contributed by atoms with E-state index in [1.807, 2.05) is 0 Å². The summed E-state index contributed by atoms with van der Waals surface area (Å²) in [6.45, 7) is 3.70. The van der Waals surface area contributed by atoms with Gasteiger partial charge in [-0.2, -0.15) is 0 Å². The van der Waals surface area contributed by atoms with Gasteiger partial charge in [0, 0.05) is 34.1 Å². The molecule has 0 heterocycles. The lowest BCUT2D eigenvalue weighted by Gasteiger charge is -2.32. The number of aliphatic hydroxyl groups excluding tert-OH is 1. The zero-order valence-corrected chi connectivity index (χ0v) is 11.8. The molecule has 0 radical (unpaired) electrons. The highest BCUT2D eigenvalue weighted by Crippen LogP contribution is 2.22. The van der Waals surface area contributed by atoms with Crippen LogP contribution in [-0.2, 0) is 17.7 Å². The maximum absolute atomic E-state index is 9.31. The Morgan fingerprint density at radius 2 is 1.53 bits per heavy atom. The molecule has 0 amide bonds. The summed E-state index contributed by atoms with van der Waals surface area (Å²) in [4.78, 5) is 0. The van der Waals surface area contributed by atoms with Crippen LogP contribution < -0.4 is 0 Å². The van der Waals surface area contributed by atoms with E-state index in [1.54, 1.807) is 19.9 Å². The van der Waals surface area contributed by atoms with Crippen molar-refractivity contribution in [3.05, 3.63) is 12.3 Å². The topological polar surface area (TPSA) is 57.2 Å². The summed E-state index contributed by atoms with van der Waals surface area (Å²) in [5.74, 6) is 0. The average Bonchev–Trinajstić information content (AvgIpc) is 2.33. The van der Waals surface area contributed by atoms with Crippen LogP contribution in [0, 0.1) is 0 Å². The van der Waals surface area contributed by atoms with Crippen molar-refractivity contribution in [2.75, 3.05) is 34.7 Å². The molecule has 0 aliphatic heterocycles. The van der Waals surface area contributed by atoms with E-state index in [2.05, 4.69) is 6.58 Å². The Balaban J connectivity index is 4.82. The molecule has 0 aromatic rings. The largest absolute Gasteiger partial charge is 0.396 e. The molecule has 7 heteroatoms. The predicted molar refractivity (Wildman–Crippen MR) is 61.6 cm³/mol. The summed E-state index contributed by atoms with van der Waals surface area (Å²) in [6.07, 6.45) is -0.130. The van der Waals surface area contributed by atoms with E-state index in [9.17, 15) is 5.11 Å². The van der Waals surface area contributed by atoms with Gasteiger partial charge in [-0.25, -0.2) is 0 Å². The van der Waals surface area contributed by atoms with Gasteiger partial charge < -0.3 is 22.8 Å². The fourth-order valence-electron chi connectivity index (χ4n) is 1.25. The summed E-state index contributed by atoms with van der Waals surface area (Å²) in [6, 6.07) is 0. The molecule has 0 unspecified atom stereocenters. The van der Waals surface area contributed by atoms with Gasteiger partial charge in [-0.15, -0.1) is 6.58 Å². The summed E-state index contributed by atoms with van der Waals surface area (Å²) in [5.41, 5.74) is 2.13. The van der Waals surface area contributed by atoms with Crippen LogP contribution in [0.5, 0.6) is 0 Å². The lowest BCUT2D eigenvalue weighted by Crippen LogP contribution is -2.55. The highest BCUT2D eigenvalue weighted by Gasteiger charge is 2.47. The van der Waals surface area contributed by atoms with Crippen LogP contribution in [0.2, 0.25) is 5.67 Å². The van der Waals surface area contributed by atoms with E-state index in [4.69, 9.17) is 17.7 Å². The molecule has 0 aromatic heterocycles. The molecule has 0 aliphatic rings. The third kappa shape index (κ3) is 3.49. The molecule has 0 fully saturated rings. The minimum Gasteiger partial charge on any atom is -0.396 e. The number of hydrogen-bond acceptors (Lipinski definition) is 5. The summed E-state index contributed by atoms with van der Waals surface area (Å²) in [7, 11) is 1.07.